The number of benzene rings is 1. The van der Waals surface area contributed by atoms with Crippen molar-refractivity contribution in [3.05, 3.63) is 51.9 Å². The summed E-state index contributed by atoms with van der Waals surface area (Å²) in [5.41, 5.74) is 0. The molecule has 0 heterocycles. The van der Waals surface area contributed by atoms with Crippen molar-refractivity contribution in [1.29, 1.82) is 0 Å². The van der Waals surface area contributed by atoms with Crippen molar-refractivity contribution in [2.24, 2.45) is 0 Å². The zero-order chi connectivity index (χ0) is 13.4. The summed E-state index contributed by atoms with van der Waals surface area (Å²) in [5.74, 6) is -0.346. The van der Waals surface area contributed by atoms with Gasteiger partial charge in [-0.15, -0.1) is 0 Å². The Morgan fingerprint density at radius 2 is 2.11 bits per heavy atom. The second kappa shape index (κ2) is 8.25. The van der Waals surface area contributed by atoms with Crippen LogP contribution < -0.4 is 0 Å². The van der Waals surface area contributed by atoms with E-state index in [4.69, 9.17) is 27.9 Å². The van der Waals surface area contributed by atoms with Crippen molar-refractivity contribution < 1.29 is 9.53 Å². The highest BCUT2D eigenvalue weighted by Crippen LogP contribution is 2.28. The first-order valence-electron chi connectivity index (χ1n) is 5.25. The Bertz CT molecular complexity index is 470. The molecule has 0 spiro atoms. The second-order valence-electron chi connectivity index (χ2n) is 3.13. The molecular weight excluding hydrogens is 291 g/mol. The maximum atomic E-state index is 11.0. The van der Waals surface area contributed by atoms with Crippen molar-refractivity contribution in [3.8, 4) is 0 Å². The lowest BCUT2D eigenvalue weighted by Gasteiger charge is -1.98. The molecule has 96 valence electrons. The maximum absolute atomic E-state index is 11.0. The SMILES string of the molecule is CCOC(=O)/C=C/C=C/Sc1ccc(Cl)c(Cl)c1. The molecule has 5 heteroatoms. The molecule has 1 aromatic rings. The number of carbonyl (C=O) groups is 1. The molecule has 0 aliphatic carbocycles. The molecule has 1 rings (SSSR count). The number of rotatable bonds is 5. The van der Waals surface area contributed by atoms with Gasteiger partial charge in [0.15, 0.2) is 0 Å². The first-order valence-corrected chi connectivity index (χ1v) is 6.88. The van der Waals surface area contributed by atoms with Gasteiger partial charge in [-0.3, -0.25) is 0 Å². The fourth-order valence-electron chi connectivity index (χ4n) is 1.04. The van der Waals surface area contributed by atoms with Crippen LogP contribution in [0.25, 0.3) is 0 Å². The Morgan fingerprint density at radius 3 is 2.78 bits per heavy atom. The van der Waals surface area contributed by atoms with Crippen LogP contribution in [-0.2, 0) is 9.53 Å². The maximum Gasteiger partial charge on any atom is 0.330 e. The van der Waals surface area contributed by atoms with Crippen LogP contribution in [0.2, 0.25) is 10.0 Å². The van der Waals surface area contributed by atoms with Gasteiger partial charge in [0, 0.05) is 11.0 Å². The molecule has 0 aliphatic rings. The van der Waals surface area contributed by atoms with Crippen molar-refractivity contribution in [1.82, 2.24) is 0 Å². The van der Waals surface area contributed by atoms with Crippen LogP contribution in [-0.4, -0.2) is 12.6 Å². The Balaban J connectivity index is 2.45. The molecule has 0 saturated heterocycles. The predicted octanol–water partition coefficient (Wildman–Crippen LogP) is 4.72. The molecule has 0 N–H and O–H groups in total. The lowest BCUT2D eigenvalue weighted by atomic mass is 10.4. The highest BCUT2D eigenvalue weighted by molar-refractivity contribution is 8.02. The van der Waals surface area contributed by atoms with Crippen molar-refractivity contribution in [3.63, 3.8) is 0 Å². The van der Waals surface area contributed by atoms with Crippen LogP contribution in [0.5, 0.6) is 0 Å². The summed E-state index contributed by atoms with van der Waals surface area (Å²) < 4.78 is 4.74. The van der Waals surface area contributed by atoms with E-state index < -0.39 is 0 Å². The minimum absolute atomic E-state index is 0.346. The van der Waals surface area contributed by atoms with Gasteiger partial charge in [-0.1, -0.05) is 47.1 Å². The highest BCUT2D eigenvalue weighted by Gasteiger charge is 1.97. The predicted molar refractivity (Wildman–Crippen MR) is 77.2 cm³/mol. The zero-order valence-electron chi connectivity index (χ0n) is 9.73. The lowest BCUT2D eigenvalue weighted by molar-refractivity contribution is -0.137. The van der Waals surface area contributed by atoms with E-state index >= 15 is 0 Å². The summed E-state index contributed by atoms with van der Waals surface area (Å²) in [7, 11) is 0. The van der Waals surface area contributed by atoms with Crippen LogP contribution >= 0.6 is 35.0 Å². The third kappa shape index (κ3) is 5.63. The lowest BCUT2D eigenvalue weighted by Crippen LogP contribution is -1.98. The standard InChI is InChI=1S/C13H12Cl2O2S/c1-2-17-13(16)5-3-4-8-18-10-6-7-11(14)12(15)9-10/h3-9H,2H2,1H3/b5-3+,8-4+. The molecule has 0 aliphatic heterocycles. The number of thioether (sulfide) groups is 1. The Hall–Kier alpha value is -0.900. The highest BCUT2D eigenvalue weighted by atomic mass is 35.5. The van der Waals surface area contributed by atoms with E-state index in [1.807, 2.05) is 11.5 Å². The molecule has 0 amide bonds. The quantitative estimate of drug-likeness (QED) is 0.341. The van der Waals surface area contributed by atoms with Crippen molar-refractivity contribution in [2.45, 2.75) is 11.8 Å². The summed E-state index contributed by atoms with van der Waals surface area (Å²) in [5, 5.41) is 2.90. The van der Waals surface area contributed by atoms with Crippen LogP contribution in [0.3, 0.4) is 0 Å². The van der Waals surface area contributed by atoms with E-state index in [9.17, 15) is 4.79 Å². The summed E-state index contributed by atoms with van der Waals surface area (Å²) in [6, 6.07) is 5.40. The molecule has 0 atom stereocenters. The summed E-state index contributed by atoms with van der Waals surface area (Å²) in [6.07, 6.45) is 4.75. The van der Waals surface area contributed by atoms with Crippen LogP contribution in [0.4, 0.5) is 0 Å². The number of ether oxygens (including phenoxy) is 1. The number of hydrogen-bond donors (Lipinski definition) is 0. The summed E-state index contributed by atoms with van der Waals surface area (Å²) in [4.78, 5) is 12.0. The van der Waals surface area contributed by atoms with Crippen LogP contribution in [0.15, 0.2) is 46.7 Å². The van der Waals surface area contributed by atoms with Gasteiger partial charge in [0.2, 0.25) is 0 Å². The van der Waals surface area contributed by atoms with Gasteiger partial charge < -0.3 is 4.74 Å². The van der Waals surface area contributed by atoms with Crippen molar-refractivity contribution >= 4 is 40.9 Å². The van der Waals surface area contributed by atoms with Gasteiger partial charge in [-0.25, -0.2) is 4.79 Å². The van der Waals surface area contributed by atoms with Crippen LogP contribution in [0.1, 0.15) is 6.92 Å². The minimum Gasteiger partial charge on any atom is -0.463 e. The van der Waals surface area contributed by atoms with Gasteiger partial charge in [-0.2, -0.15) is 0 Å². The normalized spacial score (nSPS) is 11.3. The molecule has 0 radical (unpaired) electrons. The van der Waals surface area contributed by atoms with Gasteiger partial charge in [0.05, 0.1) is 16.7 Å². The van der Waals surface area contributed by atoms with E-state index in [0.29, 0.717) is 16.7 Å². The Labute approximate surface area is 121 Å². The molecule has 0 saturated carbocycles. The van der Waals surface area contributed by atoms with E-state index in [2.05, 4.69) is 0 Å². The molecule has 2 nitrogen and oxygen atoms in total. The van der Waals surface area contributed by atoms with Crippen LogP contribution in [0, 0.1) is 0 Å². The van der Waals surface area contributed by atoms with Gasteiger partial charge in [0.1, 0.15) is 0 Å². The first kappa shape index (κ1) is 15.2. The number of esters is 1. The van der Waals surface area contributed by atoms with Gasteiger partial charge in [0.25, 0.3) is 0 Å². The largest absolute Gasteiger partial charge is 0.463 e. The topological polar surface area (TPSA) is 26.3 Å². The fourth-order valence-corrected chi connectivity index (χ4v) is 2.06. The average Bonchev–Trinajstić information content (AvgIpc) is 2.33. The minimum atomic E-state index is -0.346. The number of carbonyl (C=O) groups excluding carboxylic acids is 1. The summed E-state index contributed by atoms with van der Waals surface area (Å²) in [6.45, 7) is 2.15. The van der Waals surface area contributed by atoms with E-state index in [-0.39, 0.29) is 5.97 Å². The molecule has 18 heavy (non-hydrogen) atoms. The molecule has 0 fully saturated rings. The van der Waals surface area contributed by atoms with E-state index in [1.165, 1.54) is 17.8 Å². The monoisotopic (exact) mass is 302 g/mol. The van der Waals surface area contributed by atoms with E-state index in [1.54, 1.807) is 31.2 Å². The molecule has 0 unspecified atom stereocenters. The number of hydrogen-bond acceptors (Lipinski definition) is 3. The summed E-state index contributed by atoms with van der Waals surface area (Å²) >= 11 is 13.2. The number of halogens is 2. The molecule has 1 aromatic carbocycles. The van der Waals surface area contributed by atoms with Crippen molar-refractivity contribution in [2.75, 3.05) is 6.61 Å². The third-order valence-corrected chi connectivity index (χ3v) is 3.36. The second-order valence-corrected chi connectivity index (χ2v) is 4.93. The first-order chi connectivity index (χ1) is 8.63. The zero-order valence-corrected chi connectivity index (χ0v) is 12.1. The molecule has 0 bridgehead atoms. The Morgan fingerprint density at radius 1 is 1.33 bits per heavy atom. The van der Waals surface area contributed by atoms with Gasteiger partial charge >= 0.3 is 5.97 Å². The number of allylic oxidation sites excluding steroid dienone is 2. The fraction of sp³-hybridized carbons (Fsp3) is 0.154. The smallest absolute Gasteiger partial charge is 0.330 e. The Kier molecular flexibility index (Phi) is 6.94. The average molecular weight is 303 g/mol. The molecule has 0 aromatic heterocycles. The van der Waals surface area contributed by atoms with Gasteiger partial charge in [-0.05, 0) is 30.5 Å². The molecular formula is C13H12Cl2O2S. The third-order valence-electron chi connectivity index (χ3n) is 1.80. The van der Waals surface area contributed by atoms with E-state index in [0.717, 1.165) is 4.90 Å².